The number of ether oxygens (including phenoxy) is 1. The summed E-state index contributed by atoms with van der Waals surface area (Å²) in [7, 11) is 1.40. The number of methoxy groups -OCH3 is 1. The third-order valence-corrected chi connectivity index (χ3v) is 2.31. The summed E-state index contributed by atoms with van der Waals surface area (Å²) in [5.41, 5.74) is 0.518. The zero-order valence-electron chi connectivity index (χ0n) is 9.17. The number of hydrogen-bond acceptors (Lipinski definition) is 5. The molecule has 0 spiro atoms. The molecule has 1 rings (SSSR count). The number of para-hydroxylation sites is 1. The van der Waals surface area contributed by atoms with E-state index in [-0.39, 0.29) is 24.0 Å². The largest absolute Gasteiger partial charge is 0.490 e. The molecule has 0 aliphatic carbocycles. The molecule has 2 N–H and O–H groups in total. The van der Waals surface area contributed by atoms with Crippen molar-refractivity contribution >= 4 is 5.69 Å². The van der Waals surface area contributed by atoms with Crippen LogP contribution in [0.3, 0.4) is 0 Å². The first-order valence-corrected chi connectivity index (χ1v) is 4.74. The third-order valence-electron chi connectivity index (χ3n) is 2.31. The Kier molecular flexibility index (Phi) is 4.21. The molecule has 1 aromatic carbocycles. The number of nitrogens with two attached hydrogens (primary N) is 1. The normalized spacial score (nSPS) is 12.2. The van der Waals surface area contributed by atoms with Gasteiger partial charge in [0.05, 0.1) is 18.6 Å². The van der Waals surface area contributed by atoms with Crippen molar-refractivity contribution < 1.29 is 14.5 Å². The molecular weight excluding hydrogens is 212 g/mol. The van der Waals surface area contributed by atoms with E-state index in [1.165, 1.54) is 7.11 Å². The molecule has 1 aromatic rings. The van der Waals surface area contributed by atoms with E-state index in [2.05, 4.69) is 4.84 Å². The summed E-state index contributed by atoms with van der Waals surface area (Å²) in [5, 5.41) is 11.0. The summed E-state index contributed by atoms with van der Waals surface area (Å²) in [6.07, 6.45) is 0. The Balaban J connectivity index is 3.21. The van der Waals surface area contributed by atoms with Gasteiger partial charge >= 0.3 is 5.69 Å². The predicted molar refractivity (Wildman–Crippen MR) is 58.2 cm³/mol. The molecule has 88 valence electrons. The van der Waals surface area contributed by atoms with Gasteiger partial charge < -0.3 is 9.57 Å². The minimum absolute atomic E-state index is 0.0328. The van der Waals surface area contributed by atoms with Crippen LogP contribution >= 0.6 is 0 Å². The lowest BCUT2D eigenvalue weighted by Gasteiger charge is -2.12. The number of rotatable bonds is 5. The average Bonchev–Trinajstić information content (AvgIpc) is 2.28. The Labute approximate surface area is 93.1 Å². The van der Waals surface area contributed by atoms with Gasteiger partial charge in [-0.1, -0.05) is 19.1 Å². The van der Waals surface area contributed by atoms with Crippen LogP contribution in [0, 0.1) is 10.1 Å². The maximum absolute atomic E-state index is 11.0. The Hall–Kier alpha value is -1.66. The first-order valence-electron chi connectivity index (χ1n) is 4.74. The number of nitro benzene ring substituents is 1. The van der Waals surface area contributed by atoms with Crippen LogP contribution in [0.5, 0.6) is 5.75 Å². The lowest BCUT2D eigenvalue weighted by Crippen LogP contribution is -2.10. The fourth-order valence-corrected chi connectivity index (χ4v) is 1.53. The lowest BCUT2D eigenvalue weighted by molar-refractivity contribution is -0.386. The van der Waals surface area contributed by atoms with Gasteiger partial charge in [-0.3, -0.25) is 10.1 Å². The SMILES string of the molecule is COc1cccc(C(C)CON)c1[N+](=O)[O-]. The molecule has 0 bridgehead atoms. The van der Waals surface area contributed by atoms with Gasteiger partial charge in [-0.15, -0.1) is 0 Å². The van der Waals surface area contributed by atoms with Gasteiger partial charge in [0, 0.05) is 11.5 Å². The molecule has 0 heterocycles. The van der Waals surface area contributed by atoms with Crippen LogP contribution in [0.15, 0.2) is 18.2 Å². The summed E-state index contributed by atoms with van der Waals surface area (Å²) >= 11 is 0. The third kappa shape index (κ3) is 2.47. The van der Waals surface area contributed by atoms with E-state index < -0.39 is 4.92 Å². The van der Waals surface area contributed by atoms with Crippen molar-refractivity contribution in [2.45, 2.75) is 12.8 Å². The number of benzene rings is 1. The highest BCUT2D eigenvalue weighted by atomic mass is 16.6. The van der Waals surface area contributed by atoms with E-state index in [1.54, 1.807) is 25.1 Å². The highest BCUT2D eigenvalue weighted by molar-refractivity contribution is 5.54. The van der Waals surface area contributed by atoms with Crippen molar-refractivity contribution in [3.8, 4) is 5.75 Å². The monoisotopic (exact) mass is 226 g/mol. The van der Waals surface area contributed by atoms with Crippen molar-refractivity contribution in [3.05, 3.63) is 33.9 Å². The molecule has 0 aliphatic rings. The summed E-state index contributed by atoms with van der Waals surface area (Å²) in [4.78, 5) is 15.0. The van der Waals surface area contributed by atoms with Crippen LogP contribution in [0.4, 0.5) is 5.69 Å². The Bertz CT molecular complexity index is 381. The Morgan fingerprint density at radius 3 is 2.75 bits per heavy atom. The predicted octanol–water partition coefficient (Wildman–Crippen LogP) is 1.60. The standard InChI is InChI=1S/C10H14N2O4/c1-7(6-16-11)8-4-3-5-9(15-2)10(8)12(13)14/h3-5,7H,6,11H2,1-2H3. The zero-order valence-corrected chi connectivity index (χ0v) is 9.17. The second-order valence-corrected chi connectivity index (χ2v) is 3.39. The van der Waals surface area contributed by atoms with Crippen molar-refractivity contribution in [3.63, 3.8) is 0 Å². The van der Waals surface area contributed by atoms with Gasteiger partial charge in [-0.2, -0.15) is 0 Å². The van der Waals surface area contributed by atoms with Gasteiger partial charge in [0.25, 0.3) is 0 Å². The van der Waals surface area contributed by atoms with Crippen LogP contribution < -0.4 is 10.6 Å². The highest BCUT2D eigenvalue weighted by Gasteiger charge is 2.23. The topological polar surface area (TPSA) is 87.6 Å². The maximum Gasteiger partial charge on any atom is 0.314 e. The van der Waals surface area contributed by atoms with Crippen LogP contribution in [0.25, 0.3) is 0 Å². The molecule has 0 aliphatic heterocycles. The molecule has 0 aromatic heterocycles. The maximum atomic E-state index is 11.0. The van der Waals surface area contributed by atoms with Gasteiger partial charge in [-0.05, 0) is 6.07 Å². The Morgan fingerprint density at radius 1 is 1.56 bits per heavy atom. The van der Waals surface area contributed by atoms with Crippen LogP contribution in [-0.4, -0.2) is 18.6 Å². The van der Waals surface area contributed by atoms with Crippen molar-refractivity contribution in [1.29, 1.82) is 0 Å². The molecule has 1 unspecified atom stereocenters. The van der Waals surface area contributed by atoms with E-state index in [0.29, 0.717) is 5.56 Å². The molecule has 1 atom stereocenters. The second-order valence-electron chi connectivity index (χ2n) is 3.39. The summed E-state index contributed by atoms with van der Waals surface area (Å²) < 4.78 is 4.96. The second kappa shape index (κ2) is 5.43. The van der Waals surface area contributed by atoms with Crippen LogP contribution in [0.2, 0.25) is 0 Å². The fourth-order valence-electron chi connectivity index (χ4n) is 1.53. The van der Waals surface area contributed by atoms with Crippen molar-refractivity contribution in [2.75, 3.05) is 13.7 Å². The Morgan fingerprint density at radius 2 is 2.25 bits per heavy atom. The van der Waals surface area contributed by atoms with E-state index in [9.17, 15) is 10.1 Å². The lowest BCUT2D eigenvalue weighted by atomic mass is 10.00. The van der Waals surface area contributed by atoms with Crippen LogP contribution in [0.1, 0.15) is 18.4 Å². The highest BCUT2D eigenvalue weighted by Crippen LogP contribution is 2.34. The van der Waals surface area contributed by atoms with Crippen molar-refractivity contribution in [2.24, 2.45) is 5.90 Å². The molecule has 6 nitrogen and oxygen atoms in total. The fraction of sp³-hybridized carbons (Fsp3) is 0.400. The molecule has 0 fully saturated rings. The van der Waals surface area contributed by atoms with Crippen LogP contribution in [-0.2, 0) is 4.84 Å². The first-order chi connectivity index (χ1) is 7.61. The summed E-state index contributed by atoms with van der Waals surface area (Å²) in [5.74, 6) is 5.04. The molecule has 0 saturated carbocycles. The molecule has 6 heteroatoms. The zero-order chi connectivity index (χ0) is 12.1. The van der Waals surface area contributed by atoms with Gasteiger partial charge in [-0.25, -0.2) is 5.90 Å². The molecule has 16 heavy (non-hydrogen) atoms. The van der Waals surface area contributed by atoms with Crippen molar-refractivity contribution in [1.82, 2.24) is 0 Å². The van der Waals surface area contributed by atoms with E-state index >= 15 is 0 Å². The minimum Gasteiger partial charge on any atom is -0.490 e. The minimum atomic E-state index is -0.457. The first kappa shape index (κ1) is 12.4. The molecule has 0 radical (unpaired) electrons. The number of nitro groups is 1. The van der Waals surface area contributed by atoms with Gasteiger partial charge in [0.2, 0.25) is 0 Å². The number of nitrogens with zero attached hydrogens (tertiary/aromatic N) is 1. The summed E-state index contributed by atoms with van der Waals surface area (Å²) in [6, 6.07) is 4.93. The van der Waals surface area contributed by atoms with Gasteiger partial charge in [0.15, 0.2) is 5.75 Å². The van der Waals surface area contributed by atoms with E-state index in [4.69, 9.17) is 10.6 Å². The molecule has 0 saturated heterocycles. The van der Waals surface area contributed by atoms with E-state index in [1.807, 2.05) is 0 Å². The average molecular weight is 226 g/mol. The van der Waals surface area contributed by atoms with E-state index in [0.717, 1.165) is 0 Å². The summed E-state index contributed by atoms with van der Waals surface area (Å²) in [6.45, 7) is 2.02. The molecular formula is C10H14N2O4. The molecule has 0 amide bonds. The quantitative estimate of drug-likeness (QED) is 0.608. The smallest absolute Gasteiger partial charge is 0.314 e. The van der Waals surface area contributed by atoms with Gasteiger partial charge in [0.1, 0.15) is 0 Å². The number of hydrogen-bond donors (Lipinski definition) is 1.